The molecule has 0 bridgehead atoms. The Kier molecular flexibility index (Phi) is 5.66. The van der Waals surface area contributed by atoms with E-state index in [1.165, 1.54) is 0 Å². The number of nitrogens with zero attached hydrogens (tertiary/aromatic N) is 2. The number of ether oxygens (including phenoxy) is 2. The third-order valence-corrected chi connectivity index (χ3v) is 4.80. The zero-order valence-electron chi connectivity index (χ0n) is 13.2. The van der Waals surface area contributed by atoms with Crippen molar-refractivity contribution in [1.82, 2.24) is 9.78 Å². The molecule has 1 unspecified atom stereocenters. The van der Waals surface area contributed by atoms with Crippen molar-refractivity contribution in [2.24, 2.45) is 5.73 Å². The van der Waals surface area contributed by atoms with Crippen molar-refractivity contribution in [3.63, 3.8) is 0 Å². The molecule has 2 rings (SSSR count). The second-order valence-corrected chi connectivity index (χ2v) is 5.96. The van der Waals surface area contributed by atoms with Crippen molar-refractivity contribution in [3.05, 3.63) is 16.4 Å². The quantitative estimate of drug-likeness (QED) is 0.875. The van der Waals surface area contributed by atoms with Gasteiger partial charge in [-0.25, -0.2) is 0 Å². The Labute approximate surface area is 131 Å². The molecule has 1 saturated heterocycles. The molecular formula is C15H26ClN3O2. The number of aryl methyl sites for hydroxylation is 2. The van der Waals surface area contributed by atoms with Gasteiger partial charge in [-0.1, -0.05) is 11.6 Å². The molecule has 1 aromatic heterocycles. The highest BCUT2D eigenvalue weighted by Crippen LogP contribution is 2.31. The number of hydrogen-bond acceptors (Lipinski definition) is 4. The van der Waals surface area contributed by atoms with Crippen molar-refractivity contribution < 1.29 is 9.47 Å². The fourth-order valence-corrected chi connectivity index (χ4v) is 3.30. The molecule has 1 aliphatic heterocycles. The first-order chi connectivity index (χ1) is 10.0. The average molecular weight is 316 g/mol. The second-order valence-electron chi connectivity index (χ2n) is 5.58. The molecule has 1 fully saturated rings. The minimum atomic E-state index is -0.312. The zero-order chi connectivity index (χ0) is 15.5. The molecule has 0 aromatic carbocycles. The molecule has 2 N–H and O–H groups in total. The molecule has 120 valence electrons. The molecule has 21 heavy (non-hydrogen) atoms. The van der Waals surface area contributed by atoms with E-state index in [-0.39, 0.29) is 11.6 Å². The van der Waals surface area contributed by atoms with E-state index in [0.29, 0.717) is 26.2 Å². The third kappa shape index (κ3) is 3.42. The monoisotopic (exact) mass is 315 g/mol. The maximum absolute atomic E-state index is 6.52. The van der Waals surface area contributed by atoms with Crippen LogP contribution in [0.2, 0.25) is 5.02 Å². The standard InChI is InChI=1S/C15H26ClN3O2/c1-4-19-12(14(16)11(3)18-19)10-13(17)15(21-5-2)6-8-20-9-7-15/h13H,4-10,17H2,1-3H3. The van der Waals surface area contributed by atoms with Gasteiger partial charge in [0, 0.05) is 51.7 Å². The highest BCUT2D eigenvalue weighted by molar-refractivity contribution is 6.31. The van der Waals surface area contributed by atoms with Crippen LogP contribution in [-0.2, 0) is 22.4 Å². The van der Waals surface area contributed by atoms with E-state index in [1.54, 1.807) is 0 Å². The van der Waals surface area contributed by atoms with Crippen molar-refractivity contribution in [1.29, 1.82) is 0 Å². The predicted molar refractivity (Wildman–Crippen MR) is 83.7 cm³/mol. The van der Waals surface area contributed by atoms with Gasteiger partial charge >= 0.3 is 0 Å². The molecule has 0 amide bonds. The molecular weight excluding hydrogens is 290 g/mol. The molecule has 6 heteroatoms. The fourth-order valence-electron chi connectivity index (χ4n) is 3.08. The highest BCUT2D eigenvalue weighted by Gasteiger charge is 2.40. The Morgan fingerprint density at radius 3 is 2.67 bits per heavy atom. The number of halogens is 1. The maximum Gasteiger partial charge on any atom is 0.0880 e. The molecule has 1 atom stereocenters. The van der Waals surface area contributed by atoms with Crippen molar-refractivity contribution >= 4 is 11.6 Å². The summed E-state index contributed by atoms with van der Waals surface area (Å²) in [5.41, 5.74) is 8.08. The van der Waals surface area contributed by atoms with Gasteiger partial charge in [-0.15, -0.1) is 0 Å². The smallest absolute Gasteiger partial charge is 0.0880 e. The molecule has 0 aliphatic carbocycles. The van der Waals surface area contributed by atoms with Crippen LogP contribution in [0.4, 0.5) is 0 Å². The molecule has 2 heterocycles. The summed E-state index contributed by atoms with van der Waals surface area (Å²) in [5, 5.41) is 5.19. The second kappa shape index (κ2) is 7.09. The number of nitrogens with two attached hydrogens (primary N) is 1. The summed E-state index contributed by atoms with van der Waals surface area (Å²) in [4.78, 5) is 0. The van der Waals surface area contributed by atoms with Crippen molar-refractivity contribution in [2.45, 2.75) is 58.2 Å². The molecule has 5 nitrogen and oxygen atoms in total. The van der Waals surface area contributed by atoms with Crippen LogP contribution in [0.15, 0.2) is 0 Å². The SMILES string of the molecule is CCOC1(C(N)Cc2c(Cl)c(C)nn2CC)CCOCC1. The molecule has 0 radical (unpaired) electrons. The van der Waals surface area contributed by atoms with Gasteiger partial charge in [-0.2, -0.15) is 5.10 Å². The topological polar surface area (TPSA) is 62.3 Å². The van der Waals surface area contributed by atoms with Gasteiger partial charge in [-0.3, -0.25) is 4.68 Å². The van der Waals surface area contributed by atoms with Crippen LogP contribution in [0, 0.1) is 6.92 Å². The summed E-state index contributed by atoms with van der Waals surface area (Å²) >= 11 is 6.39. The normalized spacial score (nSPS) is 19.7. The van der Waals surface area contributed by atoms with Gasteiger partial charge in [0.25, 0.3) is 0 Å². The van der Waals surface area contributed by atoms with Crippen LogP contribution in [0.1, 0.15) is 38.1 Å². The van der Waals surface area contributed by atoms with Gasteiger partial charge < -0.3 is 15.2 Å². The Bertz CT molecular complexity index is 464. The lowest BCUT2D eigenvalue weighted by molar-refractivity contribution is -0.120. The predicted octanol–water partition coefficient (Wildman–Crippen LogP) is 2.32. The largest absolute Gasteiger partial charge is 0.381 e. The summed E-state index contributed by atoms with van der Waals surface area (Å²) < 4.78 is 13.5. The van der Waals surface area contributed by atoms with Crippen molar-refractivity contribution in [3.8, 4) is 0 Å². The van der Waals surface area contributed by atoms with E-state index < -0.39 is 0 Å². The van der Waals surface area contributed by atoms with Gasteiger partial charge in [0.15, 0.2) is 0 Å². The van der Waals surface area contributed by atoms with Crippen LogP contribution >= 0.6 is 11.6 Å². The van der Waals surface area contributed by atoms with E-state index in [9.17, 15) is 0 Å². The summed E-state index contributed by atoms with van der Waals surface area (Å²) in [6.45, 7) is 8.85. The lowest BCUT2D eigenvalue weighted by Gasteiger charge is -2.41. The molecule has 0 spiro atoms. The number of hydrogen-bond donors (Lipinski definition) is 1. The average Bonchev–Trinajstić information content (AvgIpc) is 2.76. The summed E-state index contributed by atoms with van der Waals surface area (Å²) in [6, 6.07) is -0.111. The van der Waals surface area contributed by atoms with Gasteiger partial charge in [-0.05, 0) is 20.8 Å². The minimum absolute atomic E-state index is 0.111. The van der Waals surface area contributed by atoms with Gasteiger partial charge in [0.05, 0.1) is 22.0 Å². The number of rotatable bonds is 6. The zero-order valence-corrected chi connectivity index (χ0v) is 13.9. The molecule has 1 aromatic rings. The Morgan fingerprint density at radius 1 is 1.43 bits per heavy atom. The van der Waals surface area contributed by atoms with Crippen LogP contribution in [0.5, 0.6) is 0 Å². The summed E-state index contributed by atoms with van der Waals surface area (Å²) in [5.74, 6) is 0. The summed E-state index contributed by atoms with van der Waals surface area (Å²) in [6.07, 6.45) is 2.34. The lowest BCUT2D eigenvalue weighted by Crippen LogP contribution is -2.54. The minimum Gasteiger partial charge on any atom is -0.381 e. The van der Waals surface area contributed by atoms with E-state index >= 15 is 0 Å². The van der Waals surface area contributed by atoms with Crippen LogP contribution in [-0.4, -0.2) is 41.2 Å². The van der Waals surface area contributed by atoms with E-state index in [0.717, 1.165) is 35.8 Å². The Balaban J connectivity index is 2.20. The molecule has 0 saturated carbocycles. The Hall–Kier alpha value is -0.620. The van der Waals surface area contributed by atoms with Gasteiger partial charge in [0.1, 0.15) is 0 Å². The van der Waals surface area contributed by atoms with E-state index in [4.69, 9.17) is 26.8 Å². The first-order valence-electron chi connectivity index (χ1n) is 7.73. The third-order valence-electron chi connectivity index (χ3n) is 4.31. The van der Waals surface area contributed by atoms with Crippen LogP contribution in [0.25, 0.3) is 0 Å². The highest BCUT2D eigenvalue weighted by atomic mass is 35.5. The lowest BCUT2D eigenvalue weighted by atomic mass is 9.84. The fraction of sp³-hybridized carbons (Fsp3) is 0.800. The maximum atomic E-state index is 6.52. The van der Waals surface area contributed by atoms with E-state index in [1.807, 2.05) is 18.5 Å². The first kappa shape index (κ1) is 16.7. The summed E-state index contributed by atoms with van der Waals surface area (Å²) in [7, 11) is 0. The van der Waals surface area contributed by atoms with Crippen LogP contribution in [0.3, 0.4) is 0 Å². The number of aromatic nitrogens is 2. The van der Waals surface area contributed by atoms with E-state index in [2.05, 4.69) is 12.0 Å². The van der Waals surface area contributed by atoms with Gasteiger partial charge in [0.2, 0.25) is 0 Å². The van der Waals surface area contributed by atoms with Crippen LogP contribution < -0.4 is 5.73 Å². The first-order valence-corrected chi connectivity index (χ1v) is 8.11. The van der Waals surface area contributed by atoms with Crippen molar-refractivity contribution in [2.75, 3.05) is 19.8 Å². The molecule has 1 aliphatic rings. The Morgan fingerprint density at radius 2 is 2.10 bits per heavy atom.